The van der Waals surface area contributed by atoms with E-state index in [1.165, 1.54) is 27.5 Å². The average Bonchev–Trinajstić information content (AvgIpc) is 3.15. The lowest BCUT2D eigenvalue weighted by atomic mass is 9.87. The molecule has 1 heterocycles. The summed E-state index contributed by atoms with van der Waals surface area (Å²) in [5, 5.41) is 4.89. The van der Waals surface area contributed by atoms with Crippen molar-refractivity contribution >= 4 is 29.5 Å². The van der Waals surface area contributed by atoms with Gasteiger partial charge in [0.2, 0.25) is 0 Å². The third-order valence-corrected chi connectivity index (χ3v) is 9.52. The van der Waals surface area contributed by atoms with Crippen molar-refractivity contribution in [3.63, 3.8) is 0 Å². The van der Waals surface area contributed by atoms with E-state index in [1.54, 1.807) is 0 Å². The summed E-state index contributed by atoms with van der Waals surface area (Å²) in [7, 11) is 0. The highest BCUT2D eigenvalue weighted by Gasteiger charge is 2.26. The van der Waals surface area contributed by atoms with Crippen LogP contribution in [0.25, 0.3) is 61.9 Å². The molecule has 2 N–H and O–H groups in total. The normalized spacial score (nSPS) is 14.5. The third kappa shape index (κ3) is 5.90. The Kier molecular flexibility index (Phi) is 7.96. The van der Waals surface area contributed by atoms with Gasteiger partial charge < -0.3 is 5.32 Å². The molecule has 226 valence electrons. The van der Waals surface area contributed by atoms with E-state index in [0.717, 1.165) is 45.6 Å². The number of benzene rings is 6. The number of rotatable bonds is 7. The number of aromatic nitrogens is 2. The predicted octanol–water partition coefficient (Wildman–Crippen LogP) is 9.95. The number of nitrogens with two attached hydrogens (primary N) is 1. The third-order valence-electron chi connectivity index (χ3n) is 9.05. The smallest absolute Gasteiger partial charge is 0.160 e. The van der Waals surface area contributed by atoms with E-state index in [2.05, 4.69) is 163 Å². The summed E-state index contributed by atoms with van der Waals surface area (Å²) < 4.78 is 0. The minimum absolute atomic E-state index is 0.0568. The summed E-state index contributed by atoms with van der Waals surface area (Å²) >= 11 is 4.99. The van der Waals surface area contributed by atoms with Gasteiger partial charge in [0.05, 0.1) is 11.4 Å². The van der Waals surface area contributed by atoms with Gasteiger partial charge in [0, 0.05) is 34.2 Å². The first-order chi connectivity index (χ1) is 23.2. The molecule has 0 bridgehead atoms. The second kappa shape index (κ2) is 12.8. The van der Waals surface area contributed by atoms with Crippen LogP contribution in [-0.4, -0.2) is 9.97 Å². The summed E-state index contributed by atoms with van der Waals surface area (Å²) in [6.07, 6.45) is 5.50. The molecule has 0 amide bonds. The maximum absolute atomic E-state index is 5.23. The fraction of sp³-hybridized carbons (Fsp3) is 0.0698. The van der Waals surface area contributed by atoms with Crippen LogP contribution < -0.4 is 5.32 Å². The first-order valence-corrected chi connectivity index (χ1v) is 16.6. The molecule has 0 radical (unpaired) electrons. The van der Waals surface area contributed by atoms with Gasteiger partial charge in [-0.25, -0.2) is 9.97 Å². The molecule has 1 aliphatic carbocycles. The van der Waals surface area contributed by atoms with Gasteiger partial charge in [-0.05, 0) is 39.6 Å². The van der Waals surface area contributed by atoms with Gasteiger partial charge in [-0.1, -0.05) is 152 Å². The van der Waals surface area contributed by atoms with Crippen LogP contribution in [0.1, 0.15) is 34.5 Å². The lowest BCUT2D eigenvalue weighted by molar-refractivity contribution is -0.712. The highest BCUT2D eigenvalue weighted by atomic mass is 32.1. The van der Waals surface area contributed by atoms with Gasteiger partial charge in [0.1, 0.15) is 6.04 Å². The topological polar surface area (TPSA) is 42.4 Å². The van der Waals surface area contributed by atoms with E-state index in [-0.39, 0.29) is 11.4 Å². The van der Waals surface area contributed by atoms with Crippen molar-refractivity contribution in [1.29, 1.82) is 0 Å². The largest absolute Gasteiger partial charge is 0.325 e. The van der Waals surface area contributed by atoms with Crippen molar-refractivity contribution in [2.24, 2.45) is 0 Å². The number of thiol groups is 1. The molecule has 1 aromatic heterocycles. The Morgan fingerprint density at radius 2 is 1.26 bits per heavy atom. The monoisotopic (exact) mass is 624 g/mol. The van der Waals surface area contributed by atoms with Crippen molar-refractivity contribution in [3.05, 3.63) is 174 Å². The van der Waals surface area contributed by atoms with Crippen LogP contribution in [0.4, 0.5) is 0 Å². The Morgan fingerprint density at radius 1 is 0.596 bits per heavy atom. The lowest BCUT2D eigenvalue weighted by Crippen LogP contribution is -2.85. The van der Waals surface area contributed by atoms with E-state index in [4.69, 9.17) is 22.6 Å². The Bertz CT molecular complexity index is 2210. The van der Waals surface area contributed by atoms with Gasteiger partial charge in [-0.2, -0.15) is 0 Å². The van der Waals surface area contributed by atoms with Gasteiger partial charge in [-0.3, -0.25) is 0 Å². The molecule has 0 spiro atoms. The maximum Gasteiger partial charge on any atom is 0.160 e. The zero-order valence-corrected chi connectivity index (χ0v) is 26.8. The van der Waals surface area contributed by atoms with Gasteiger partial charge in [0.15, 0.2) is 11.2 Å². The predicted molar refractivity (Wildman–Crippen MR) is 198 cm³/mol. The molecule has 0 saturated heterocycles. The summed E-state index contributed by atoms with van der Waals surface area (Å²) in [6, 6.07) is 53.5. The second-order valence-electron chi connectivity index (χ2n) is 12.0. The minimum Gasteiger partial charge on any atom is -0.325 e. The molecule has 0 aliphatic heterocycles. The van der Waals surface area contributed by atoms with Crippen molar-refractivity contribution in [2.75, 3.05) is 0 Å². The summed E-state index contributed by atoms with van der Waals surface area (Å²) in [5.41, 5.74) is 11.1. The molecule has 4 heteroatoms. The molecule has 8 rings (SSSR count). The molecule has 47 heavy (non-hydrogen) atoms. The summed E-state index contributed by atoms with van der Waals surface area (Å²) in [6.45, 7) is 0. The molecule has 0 fully saturated rings. The molecule has 7 aromatic rings. The van der Waals surface area contributed by atoms with E-state index in [1.807, 2.05) is 6.07 Å². The number of hydrogen-bond acceptors (Lipinski definition) is 3. The minimum atomic E-state index is 0.0568. The van der Waals surface area contributed by atoms with Gasteiger partial charge in [0.25, 0.3) is 0 Å². The zero-order valence-electron chi connectivity index (χ0n) is 25.9. The van der Waals surface area contributed by atoms with Crippen LogP contribution in [0.2, 0.25) is 0 Å². The molecule has 1 aliphatic rings. The van der Waals surface area contributed by atoms with Crippen LogP contribution in [0.5, 0.6) is 0 Å². The SMILES string of the molecule is SC([NH2+]C1CC=Cc2ccc3cc(-c4nc(-c5ccccc5)cc(-c5ccccc5-c5ccccc5)n4)ccc3c21)c1ccccc1. The standard InChI is InChI=1S/C43H33N3S/c47-43(32-17-8-3-9-18-32)46-38-22-12-19-31-23-24-33-27-34(25-26-36(33)41(31)38)42-44-39(30-15-6-2-7-16-30)28-40(45-42)37-21-11-10-20-35(37)29-13-4-1-5-14-29/h1-21,23-28,38,43,46-47H,22H2/p+1. The van der Waals surface area contributed by atoms with Gasteiger partial charge in [-0.15, -0.1) is 12.6 Å². The Labute approximate surface area is 281 Å². The fourth-order valence-corrected chi connectivity index (χ4v) is 7.11. The average molecular weight is 625 g/mol. The quantitative estimate of drug-likeness (QED) is 0.137. The molecular weight excluding hydrogens is 591 g/mol. The Balaban J connectivity index is 1.23. The Hall–Kier alpha value is -5.29. The van der Waals surface area contributed by atoms with E-state index >= 15 is 0 Å². The molecule has 2 atom stereocenters. The van der Waals surface area contributed by atoms with Gasteiger partial charge >= 0.3 is 0 Å². The Morgan fingerprint density at radius 3 is 2.02 bits per heavy atom. The molecule has 2 unspecified atom stereocenters. The zero-order chi connectivity index (χ0) is 31.6. The highest BCUT2D eigenvalue weighted by molar-refractivity contribution is 7.80. The number of quaternary nitrogens is 1. The van der Waals surface area contributed by atoms with Crippen LogP contribution in [-0.2, 0) is 0 Å². The van der Waals surface area contributed by atoms with Crippen molar-refractivity contribution < 1.29 is 5.32 Å². The lowest BCUT2D eigenvalue weighted by Gasteiger charge is -2.25. The highest BCUT2D eigenvalue weighted by Crippen LogP contribution is 2.37. The summed E-state index contributed by atoms with van der Waals surface area (Å²) in [4.78, 5) is 10.4. The first-order valence-electron chi connectivity index (χ1n) is 16.1. The van der Waals surface area contributed by atoms with Crippen LogP contribution >= 0.6 is 12.6 Å². The van der Waals surface area contributed by atoms with E-state index in [9.17, 15) is 0 Å². The molecule has 0 saturated carbocycles. The van der Waals surface area contributed by atoms with Crippen molar-refractivity contribution in [3.8, 4) is 45.0 Å². The first kappa shape index (κ1) is 29.1. The van der Waals surface area contributed by atoms with Crippen molar-refractivity contribution in [1.82, 2.24) is 9.97 Å². The van der Waals surface area contributed by atoms with Crippen LogP contribution in [0, 0.1) is 0 Å². The number of nitrogens with zero attached hydrogens (tertiary/aromatic N) is 2. The fourth-order valence-electron chi connectivity index (χ4n) is 6.73. The van der Waals surface area contributed by atoms with Crippen LogP contribution in [0.3, 0.4) is 0 Å². The summed E-state index contributed by atoms with van der Waals surface area (Å²) in [5.74, 6) is 0.714. The van der Waals surface area contributed by atoms with Crippen LogP contribution in [0.15, 0.2) is 158 Å². The number of hydrogen-bond donors (Lipinski definition) is 2. The maximum atomic E-state index is 5.23. The van der Waals surface area contributed by atoms with E-state index in [0.29, 0.717) is 5.82 Å². The molecule has 3 nitrogen and oxygen atoms in total. The van der Waals surface area contributed by atoms with E-state index < -0.39 is 0 Å². The van der Waals surface area contributed by atoms with Crippen molar-refractivity contribution in [2.45, 2.75) is 17.8 Å². The number of fused-ring (bicyclic) bond motifs is 3. The molecular formula is C43H34N3S+. The molecule has 6 aromatic carbocycles. The second-order valence-corrected chi connectivity index (χ2v) is 12.6.